The maximum Gasteiger partial charge on any atom is 0.243 e. The highest BCUT2D eigenvalue weighted by Gasteiger charge is 2.18. The van der Waals surface area contributed by atoms with E-state index in [0.29, 0.717) is 18.0 Å². The van der Waals surface area contributed by atoms with Crippen molar-refractivity contribution < 1.29 is 18.0 Å². The summed E-state index contributed by atoms with van der Waals surface area (Å²) < 4.78 is 26.6. The predicted molar refractivity (Wildman–Crippen MR) is 104 cm³/mol. The normalized spacial score (nSPS) is 15.3. The Balaban J connectivity index is 1.83. The standard InChI is InChI=1S/C18H28N4O4S/c19-9-10-21-27(25,26)16-8-4-7-15(12-16)22-18(24)13-20-17(23)11-14-5-2-1-3-6-14/h4,7-8,12,14,21H,1-3,5-6,9-11,13,19H2,(H,20,23)(H,22,24). The number of carbonyl (C=O) groups excluding carboxylic acids is 2. The van der Waals surface area contributed by atoms with Gasteiger partial charge < -0.3 is 16.4 Å². The van der Waals surface area contributed by atoms with Crippen molar-refractivity contribution >= 4 is 27.5 Å². The predicted octanol–water partition coefficient (Wildman–Crippen LogP) is 0.949. The maximum absolute atomic E-state index is 12.1. The molecule has 0 spiro atoms. The summed E-state index contributed by atoms with van der Waals surface area (Å²) in [5.74, 6) is -0.124. The van der Waals surface area contributed by atoms with Crippen LogP contribution >= 0.6 is 0 Å². The van der Waals surface area contributed by atoms with Gasteiger partial charge in [0.1, 0.15) is 0 Å². The van der Waals surface area contributed by atoms with Crippen LogP contribution in [0, 0.1) is 5.92 Å². The van der Waals surface area contributed by atoms with Gasteiger partial charge in [0.15, 0.2) is 0 Å². The number of amides is 2. The fourth-order valence-electron chi connectivity index (χ4n) is 3.13. The molecule has 0 heterocycles. The van der Waals surface area contributed by atoms with Crippen molar-refractivity contribution in [3.8, 4) is 0 Å². The first-order valence-corrected chi connectivity index (χ1v) is 10.8. The van der Waals surface area contributed by atoms with Crippen LogP contribution in [0.3, 0.4) is 0 Å². The van der Waals surface area contributed by atoms with Crippen LogP contribution in [-0.2, 0) is 19.6 Å². The lowest BCUT2D eigenvalue weighted by Gasteiger charge is -2.20. The zero-order valence-corrected chi connectivity index (χ0v) is 16.2. The highest BCUT2D eigenvalue weighted by atomic mass is 32.2. The van der Waals surface area contributed by atoms with Crippen molar-refractivity contribution in [1.29, 1.82) is 0 Å². The van der Waals surface area contributed by atoms with E-state index in [9.17, 15) is 18.0 Å². The third-order valence-corrected chi connectivity index (χ3v) is 5.97. The Labute approximate surface area is 160 Å². The topological polar surface area (TPSA) is 130 Å². The highest BCUT2D eigenvalue weighted by Crippen LogP contribution is 2.26. The van der Waals surface area contributed by atoms with Crippen molar-refractivity contribution in [3.05, 3.63) is 24.3 Å². The summed E-state index contributed by atoms with van der Waals surface area (Å²) in [6, 6.07) is 5.92. The van der Waals surface area contributed by atoms with Crippen LogP contribution in [-0.4, -0.2) is 39.9 Å². The van der Waals surface area contributed by atoms with Gasteiger partial charge in [-0.15, -0.1) is 0 Å². The van der Waals surface area contributed by atoms with E-state index < -0.39 is 15.9 Å². The van der Waals surface area contributed by atoms with E-state index in [1.165, 1.54) is 24.6 Å². The van der Waals surface area contributed by atoms with Crippen LogP contribution < -0.4 is 21.1 Å². The average molecular weight is 397 g/mol. The number of hydrogen-bond donors (Lipinski definition) is 4. The molecule has 1 aliphatic carbocycles. The lowest BCUT2D eigenvalue weighted by molar-refractivity contribution is -0.125. The molecule has 150 valence electrons. The third-order valence-electron chi connectivity index (χ3n) is 4.51. The van der Waals surface area contributed by atoms with E-state index in [2.05, 4.69) is 15.4 Å². The minimum atomic E-state index is -3.67. The zero-order valence-electron chi connectivity index (χ0n) is 15.4. The second-order valence-electron chi connectivity index (χ2n) is 6.75. The molecule has 0 radical (unpaired) electrons. The van der Waals surface area contributed by atoms with E-state index >= 15 is 0 Å². The molecule has 1 saturated carbocycles. The molecule has 0 unspecified atom stereocenters. The Bertz CT molecular complexity index is 745. The molecule has 1 fully saturated rings. The van der Waals surface area contributed by atoms with Crippen molar-refractivity contribution in [1.82, 2.24) is 10.0 Å². The highest BCUT2D eigenvalue weighted by molar-refractivity contribution is 7.89. The summed E-state index contributed by atoms with van der Waals surface area (Å²) in [5, 5.41) is 5.23. The van der Waals surface area contributed by atoms with Gasteiger partial charge in [0.2, 0.25) is 21.8 Å². The van der Waals surface area contributed by atoms with Gasteiger partial charge in [0, 0.05) is 25.2 Å². The lowest BCUT2D eigenvalue weighted by atomic mass is 9.87. The van der Waals surface area contributed by atoms with Gasteiger partial charge in [0.25, 0.3) is 0 Å². The molecule has 1 aromatic carbocycles. The quantitative estimate of drug-likeness (QED) is 0.494. The van der Waals surface area contributed by atoms with Crippen LogP contribution in [0.15, 0.2) is 29.2 Å². The monoisotopic (exact) mass is 396 g/mol. The summed E-state index contributed by atoms with van der Waals surface area (Å²) in [7, 11) is -3.67. The smallest absolute Gasteiger partial charge is 0.243 e. The second kappa shape index (κ2) is 10.4. The molecule has 2 amide bonds. The molecule has 27 heavy (non-hydrogen) atoms. The minimum absolute atomic E-state index is 0.0371. The van der Waals surface area contributed by atoms with Crippen molar-refractivity contribution in [3.63, 3.8) is 0 Å². The zero-order chi connectivity index (χ0) is 19.7. The summed E-state index contributed by atoms with van der Waals surface area (Å²) >= 11 is 0. The molecule has 0 aromatic heterocycles. The van der Waals surface area contributed by atoms with E-state index in [4.69, 9.17) is 5.73 Å². The number of rotatable bonds is 9. The maximum atomic E-state index is 12.1. The lowest BCUT2D eigenvalue weighted by Crippen LogP contribution is -2.34. The number of carbonyl (C=O) groups is 2. The Morgan fingerprint density at radius 3 is 2.56 bits per heavy atom. The molecule has 0 bridgehead atoms. The minimum Gasteiger partial charge on any atom is -0.347 e. The molecule has 0 saturated heterocycles. The van der Waals surface area contributed by atoms with Crippen molar-refractivity contribution in [2.45, 2.75) is 43.4 Å². The molecule has 5 N–H and O–H groups in total. The summed E-state index contributed by atoms with van der Waals surface area (Å²) in [4.78, 5) is 24.0. The first-order chi connectivity index (χ1) is 12.9. The van der Waals surface area contributed by atoms with Crippen LogP contribution in [0.25, 0.3) is 0 Å². The molecule has 1 aliphatic rings. The van der Waals surface area contributed by atoms with E-state index in [1.807, 2.05) is 0 Å². The molecule has 0 aliphatic heterocycles. The molecular formula is C18H28N4O4S. The first-order valence-electron chi connectivity index (χ1n) is 9.27. The van der Waals surface area contributed by atoms with Gasteiger partial charge >= 0.3 is 0 Å². The number of benzene rings is 1. The summed E-state index contributed by atoms with van der Waals surface area (Å²) in [5.41, 5.74) is 5.65. The van der Waals surface area contributed by atoms with Gasteiger partial charge in [-0.25, -0.2) is 13.1 Å². The van der Waals surface area contributed by atoms with Gasteiger partial charge in [-0.05, 0) is 37.0 Å². The van der Waals surface area contributed by atoms with Gasteiger partial charge in [-0.2, -0.15) is 0 Å². The number of sulfonamides is 1. The summed E-state index contributed by atoms with van der Waals surface area (Å²) in [6.07, 6.45) is 6.15. The Hall–Kier alpha value is -1.97. The summed E-state index contributed by atoms with van der Waals surface area (Å²) in [6.45, 7) is 0.177. The first kappa shape index (κ1) is 21.3. The molecular weight excluding hydrogens is 368 g/mol. The van der Waals surface area contributed by atoms with Crippen LogP contribution in [0.2, 0.25) is 0 Å². The largest absolute Gasteiger partial charge is 0.347 e. The molecule has 9 heteroatoms. The molecule has 0 atom stereocenters. The van der Waals surface area contributed by atoms with Gasteiger partial charge in [0.05, 0.1) is 11.4 Å². The Morgan fingerprint density at radius 2 is 1.85 bits per heavy atom. The number of nitrogens with one attached hydrogen (secondary N) is 3. The van der Waals surface area contributed by atoms with Crippen molar-refractivity contribution in [2.75, 3.05) is 25.0 Å². The van der Waals surface area contributed by atoms with E-state index in [-0.39, 0.29) is 30.4 Å². The Morgan fingerprint density at radius 1 is 1.11 bits per heavy atom. The number of hydrogen-bond acceptors (Lipinski definition) is 5. The molecule has 8 nitrogen and oxygen atoms in total. The van der Waals surface area contributed by atoms with Gasteiger partial charge in [-0.3, -0.25) is 9.59 Å². The van der Waals surface area contributed by atoms with E-state index in [1.54, 1.807) is 6.07 Å². The van der Waals surface area contributed by atoms with Crippen LogP contribution in [0.4, 0.5) is 5.69 Å². The Kier molecular flexibility index (Phi) is 8.21. The fraction of sp³-hybridized carbons (Fsp3) is 0.556. The SMILES string of the molecule is NCCNS(=O)(=O)c1cccc(NC(=O)CNC(=O)CC2CCCCC2)c1. The van der Waals surface area contributed by atoms with Gasteiger partial charge in [-0.1, -0.05) is 25.3 Å². The number of nitrogens with two attached hydrogens (primary N) is 1. The van der Waals surface area contributed by atoms with E-state index in [0.717, 1.165) is 25.7 Å². The second-order valence-corrected chi connectivity index (χ2v) is 8.51. The third kappa shape index (κ3) is 7.28. The molecule has 2 rings (SSSR count). The van der Waals surface area contributed by atoms with Crippen LogP contribution in [0.1, 0.15) is 38.5 Å². The van der Waals surface area contributed by atoms with Crippen molar-refractivity contribution in [2.24, 2.45) is 11.7 Å². The fourth-order valence-corrected chi connectivity index (χ4v) is 4.22. The molecule has 1 aromatic rings. The number of anilines is 1. The average Bonchev–Trinajstić information content (AvgIpc) is 2.66. The van der Waals surface area contributed by atoms with Crippen LogP contribution in [0.5, 0.6) is 0 Å².